The molecule has 0 aliphatic heterocycles. The van der Waals surface area contributed by atoms with E-state index >= 15 is 0 Å². The third-order valence-corrected chi connectivity index (χ3v) is 6.45. The highest BCUT2D eigenvalue weighted by atomic mass is 31.2. The zero-order chi connectivity index (χ0) is 20.5. The monoisotopic (exact) mass is 404 g/mol. The molecule has 6 heteroatoms. The van der Waals surface area contributed by atoms with Gasteiger partial charge in [0.2, 0.25) is 0 Å². The van der Waals surface area contributed by atoms with Crippen molar-refractivity contribution in [1.29, 1.82) is 0 Å². The van der Waals surface area contributed by atoms with Gasteiger partial charge in [-0.15, -0.1) is 6.58 Å². The number of benzene rings is 2. The lowest BCUT2D eigenvalue weighted by Gasteiger charge is -2.27. The molecule has 0 heterocycles. The molecule has 3 rings (SSSR count). The Morgan fingerprint density at radius 2 is 1.71 bits per heavy atom. The molecule has 1 fully saturated rings. The number of allylic oxidation sites excluding steroid dienone is 1. The van der Waals surface area contributed by atoms with Crippen LogP contribution in [0.5, 0.6) is 11.5 Å². The molecule has 2 aromatic carbocycles. The number of ether oxygens (including phenoxy) is 1. The molecule has 28 heavy (non-hydrogen) atoms. The number of hydrogen-bond acceptors (Lipinski definition) is 2. The molecular formula is C22H26FO4P. The van der Waals surface area contributed by atoms with Crippen LogP contribution in [0.1, 0.15) is 48.3 Å². The van der Waals surface area contributed by atoms with Crippen LogP contribution in [-0.4, -0.2) is 9.79 Å². The quantitative estimate of drug-likeness (QED) is 0.510. The Balaban J connectivity index is 1.80. The second-order valence-corrected chi connectivity index (χ2v) is 9.19. The van der Waals surface area contributed by atoms with E-state index in [9.17, 15) is 18.7 Å². The number of hydrogen-bond donors (Lipinski definition) is 2. The maximum Gasteiger partial charge on any atom is 0.356 e. The molecular weight excluding hydrogens is 378 g/mol. The average molecular weight is 404 g/mol. The summed E-state index contributed by atoms with van der Waals surface area (Å²) in [5, 5.41) is -0.0495. The van der Waals surface area contributed by atoms with Gasteiger partial charge in [-0.25, -0.2) is 4.39 Å². The van der Waals surface area contributed by atoms with E-state index in [-0.39, 0.29) is 17.0 Å². The number of halogens is 1. The first-order valence-corrected chi connectivity index (χ1v) is 11.1. The summed E-state index contributed by atoms with van der Waals surface area (Å²) in [5.41, 5.74) is 1.90. The minimum atomic E-state index is -4.33. The van der Waals surface area contributed by atoms with Crippen LogP contribution in [0.4, 0.5) is 4.39 Å². The molecule has 0 saturated heterocycles. The van der Waals surface area contributed by atoms with Crippen molar-refractivity contribution < 1.29 is 23.5 Å². The van der Waals surface area contributed by atoms with E-state index in [1.54, 1.807) is 26.0 Å². The molecule has 150 valence electrons. The third kappa shape index (κ3) is 4.54. The van der Waals surface area contributed by atoms with E-state index in [0.717, 1.165) is 31.2 Å². The van der Waals surface area contributed by atoms with Gasteiger partial charge in [-0.1, -0.05) is 12.1 Å². The summed E-state index contributed by atoms with van der Waals surface area (Å²) in [6.07, 6.45) is 5.98. The first-order valence-electron chi connectivity index (χ1n) is 9.46. The van der Waals surface area contributed by atoms with E-state index in [1.807, 2.05) is 6.08 Å². The van der Waals surface area contributed by atoms with Crippen LogP contribution in [0.3, 0.4) is 0 Å². The van der Waals surface area contributed by atoms with Gasteiger partial charge in [0.05, 0.1) is 5.30 Å². The topological polar surface area (TPSA) is 66.8 Å². The fraction of sp³-hybridized carbons (Fsp3) is 0.364. The van der Waals surface area contributed by atoms with Gasteiger partial charge in [0.15, 0.2) is 0 Å². The largest absolute Gasteiger partial charge is 0.457 e. The predicted octanol–water partition coefficient (Wildman–Crippen LogP) is 5.50. The molecule has 1 saturated carbocycles. The van der Waals surface area contributed by atoms with Crippen molar-refractivity contribution in [2.24, 2.45) is 5.92 Å². The SMILES string of the molecule is C=C[C@H]1CC[C@H](c2ccc(Oc3c(C)cc(P(=O)(O)O)cc3C)cc2F)CC1. The second kappa shape index (κ2) is 8.20. The zero-order valence-electron chi connectivity index (χ0n) is 16.2. The van der Waals surface area contributed by atoms with Crippen LogP contribution in [-0.2, 0) is 4.57 Å². The average Bonchev–Trinajstić information content (AvgIpc) is 2.64. The Kier molecular flexibility index (Phi) is 6.09. The smallest absolute Gasteiger partial charge is 0.356 e. The number of rotatable bonds is 5. The van der Waals surface area contributed by atoms with Crippen molar-refractivity contribution in [3.63, 3.8) is 0 Å². The van der Waals surface area contributed by atoms with Crippen molar-refractivity contribution in [2.45, 2.75) is 45.4 Å². The Labute approximate surface area is 165 Å². The Morgan fingerprint density at radius 1 is 1.11 bits per heavy atom. The summed E-state index contributed by atoms with van der Waals surface area (Å²) in [6, 6.07) is 7.76. The molecule has 0 bridgehead atoms. The fourth-order valence-electron chi connectivity index (χ4n) is 3.94. The van der Waals surface area contributed by atoms with Gasteiger partial charge in [-0.05, 0) is 86.3 Å². The van der Waals surface area contributed by atoms with Crippen molar-refractivity contribution in [3.05, 3.63) is 65.5 Å². The lowest BCUT2D eigenvalue weighted by Crippen LogP contribution is -2.12. The van der Waals surface area contributed by atoms with Crippen LogP contribution in [0.25, 0.3) is 0 Å². The molecule has 0 unspecified atom stereocenters. The minimum Gasteiger partial charge on any atom is -0.457 e. The van der Waals surface area contributed by atoms with Gasteiger partial charge < -0.3 is 14.5 Å². The molecule has 4 nitrogen and oxygen atoms in total. The van der Waals surface area contributed by atoms with Gasteiger partial charge in [-0.2, -0.15) is 0 Å². The van der Waals surface area contributed by atoms with Crippen LogP contribution in [0.2, 0.25) is 0 Å². The third-order valence-electron chi connectivity index (χ3n) is 5.52. The van der Waals surface area contributed by atoms with Gasteiger partial charge in [0.25, 0.3) is 0 Å². The second-order valence-electron chi connectivity index (χ2n) is 7.59. The highest BCUT2D eigenvalue weighted by Gasteiger charge is 2.24. The Morgan fingerprint density at radius 3 is 2.21 bits per heavy atom. The van der Waals surface area contributed by atoms with Crippen molar-refractivity contribution >= 4 is 12.9 Å². The van der Waals surface area contributed by atoms with Gasteiger partial charge in [-0.3, -0.25) is 4.57 Å². The summed E-state index contributed by atoms with van der Waals surface area (Å²) in [4.78, 5) is 18.7. The fourth-order valence-corrected chi connectivity index (χ4v) is 4.67. The van der Waals surface area contributed by atoms with E-state index in [1.165, 1.54) is 18.2 Å². The molecule has 0 aromatic heterocycles. The van der Waals surface area contributed by atoms with Gasteiger partial charge in [0, 0.05) is 6.07 Å². The summed E-state index contributed by atoms with van der Waals surface area (Å²) >= 11 is 0. The normalized spacial score (nSPS) is 20.0. The first kappa shape index (κ1) is 20.8. The Bertz CT molecular complexity index is 903. The van der Waals surface area contributed by atoms with Crippen LogP contribution in [0.15, 0.2) is 43.0 Å². The first-order chi connectivity index (χ1) is 13.2. The maximum atomic E-state index is 14.7. The molecule has 2 aromatic rings. The highest BCUT2D eigenvalue weighted by Crippen LogP contribution is 2.40. The predicted molar refractivity (Wildman–Crippen MR) is 109 cm³/mol. The molecule has 1 aliphatic carbocycles. The zero-order valence-corrected chi connectivity index (χ0v) is 17.1. The lowest BCUT2D eigenvalue weighted by molar-refractivity contribution is 0.368. The standard InChI is InChI=1S/C22H26FO4P/c1-4-16-5-7-17(8-6-16)20-10-9-18(13-21(20)23)27-22-14(2)11-19(12-15(22)3)28(24,25)26/h4,9-13,16-17H,1,5-8H2,2-3H3,(H2,24,25,26)/t16-,17-. The van der Waals surface area contributed by atoms with E-state index in [4.69, 9.17) is 4.74 Å². The molecule has 0 amide bonds. The summed E-state index contributed by atoms with van der Waals surface area (Å²) in [6.45, 7) is 7.28. The lowest BCUT2D eigenvalue weighted by atomic mass is 9.78. The van der Waals surface area contributed by atoms with Crippen molar-refractivity contribution in [2.75, 3.05) is 0 Å². The molecule has 2 N–H and O–H groups in total. The van der Waals surface area contributed by atoms with Crippen LogP contribution >= 0.6 is 7.60 Å². The highest BCUT2D eigenvalue weighted by molar-refractivity contribution is 7.60. The minimum absolute atomic E-state index is 0.0495. The molecule has 0 atom stereocenters. The van der Waals surface area contributed by atoms with Crippen LogP contribution in [0, 0.1) is 25.6 Å². The number of aryl methyl sites for hydroxylation is 2. The van der Waals surface area contributed by atoms with Crippen LogP contribution < -0.4 is 10.0 Å². The molecule has 0 spiro atoms. The van der Waals surface area contributed by atoms with Crippen molar-refractivity contribution in [3.8, 4) is 11.5 Å². The molecule has 1 aliphatic rings. The van der Waals surface area contributed by atoms with E-state index in [0.29, 0.717) is 28.5 Å². The summed E-state index contributed by atoms with van der Waals surface area (Å²) in [7, 11) is -4.33. The van der Waals surface area contributed by atoms with E-state index < -0.39 is 7.60 Å². The molecule has 0 radical (unpaired) electrons. The summed E-state index contributed by atoms with van der Waals surface area (Å²) in [5.74, 6) is 1.33. The van der Waals surface area contributed by atoms with Gasteiger partial charge in [0.1, 0.15) is 17.3 Å². The maximum absolute atomic E-state index is 14.7. The van der Waals surface area contributed by atoms with E-state index in [2.05, 4.69) is 6.58 Å². The van der Waals surface area contributed by atoms with Gasteiger partial charge >= 0.3 is 7.60 Å². The van der Waals surface area contributed by atoms with Crippen molar-refractivity contribution in [1.82, 2.24) is 0 Å². The summed E-state index contributed by atoms with van der Waals surface area (Å²) < 4.78 is 32.1. The Hall–Kier alpha value is -1.94.